The van der Waals surface area contributed by atoms with Gasteiger partial charge in [0.2, 0.25) is 5.91 Å². The maximum atomic E-state index is 13.9. The number of methoxy groups -OCH3 is 1. The van der Waals surface area contributed by atoms with Crippen LogP contribution in [0.4, 0.5) is 0 Å². The zero-order valence-electron chi connectivity index (χ0n) is 17.2. The lowest BCUT2D eigenvalue weighted by Crippen LogP contribution is -2.60. The molecule has 4 aliphatic carbocycles. The Hall–Kier alpha value is -2.04. The number of ether oxygens (including phenoxy) is 1. The van der Waals surface area contributed by atoms with Crippen molar-refractivity contribution in [3.05, 3.63) is 29.8 Å². The summed E-state index contributed by atoms with van der Waals surface area (Å²) in [7, 11) is 1.69. The number of carboxylic acid groups (broad SMARTS) is 1. The average Bonchev–Trinajstić information content (AvgIpc) is 3.13. The second kappa shape index (κ2) is 6.75. The van der Waals surface area contributed by atoms with E-state index in [9.17, 15) is 14.7 Å². The van der Waals surface area contributed by atoms with Gasteiger partial charge in [0, 0.05) is 12.6 Å². The predicted molar refractivity (Wildman–Crippen MR) is 109 cm³/mol. The van der Waals surface area contributed by atoms with Crippen molar-refractivity contribution in [2.45, 2.75) is 69.2 Å². The maximum Gasteiger partial charge on any atom is 0.305 e. The van der Waals surface area contributed by atoms with Crippen molar-refractivity contribution in [2.75, 3.05) is 13.7 Å². The maximum absolute atomic E-state index is 13.9. The molecule has 5 nitrogen and oxygen atoms in total. The lowest BCUT2D eigenvalue weighted by atomic mass is 9.42. The number of likely N-dealkylation sites (tertiary alicyclic amines) is 1. The first-order valence-corrected chi connectivity index (χ1v) is 11.1. The van der Waals surface area contributed by atoms with E-state index >= 15 is 0 Å². The van der Waals surface area contributed by atoms with Gasteiger partial charge in [-0.25, -0.2) is 0 Å². The van der Waals surface area contributed by atoms with Crippen LogP contribution in [0.1, 0.15) is 63.4 Å². The van der Waals surface area contributed by atoms with E-state index in [1.165, 1.54) is 24.8 Å². The summed E-state index contributed by atoms with van der Waals surface area (Å²) in [5, 5.41) is 9.29. The van der Waals surface area contributed by atoms with Gasteiger partial charge < -0.3 is 14.7 Å². The van der Waals surface area contributed by atoms with E-state index in [0.29, 0.717) is 11.8 Å². The number of benzene rings is 1. The number of hydrogen-bond donors (Lipinski definition) is 1. The SMILES string of the molecule is COc1ccc(C23CC4CC(CC(C(=O)N5CCCC5CC(=O)O)(C4)C2)C3)cc1. The van der Waals surface area contributed by atoms with Crippen LogP contribution >= 0.6 is 0 Å². The van der Waals surface area contributed by atoms with Crippen LogP contribution in [0.2, 0.25) is 0 Å². The van der Waals surface area contributed by atoms with Gasteiger partial charge in [-0.2, -0.15) is 0 Å². The number of carbonyl (C=O) groups is 2. The van der Waals surface area contributed by atoms with Crippen LogP contribution in [0.25, 0.3) is 0 Å². The van der Waals surface area contributed by atoms with Gasteiger partial charge >= 0.3 is 5.97 Å². The van der Waals surface area contributed by atoms with E-state index in [0.717, 1.165) is 44.4 Å². The molecule has 0 radical (unpaired) electrons. The van der Waals surface area contributed by atoms with E-state index in [2.05, 4.69) is 12.1 Å². The van der Waals surface area contributed by atoms with Gasteiger partial charge in [-0.15, -0.1) is 0 Å². The number of carboxylic acids is 1. The van der Waals surface area contributed by atoms with Crippen LogP contribution < -0.4 is 4.74 Å². The van der Waals surface area contributed by atoms with Gasteiger partial charge in [0.25, 0.3) is 0 Å². The number of carbonyl (C=O) groups excluding carboxylic acids is 1. The molecule has 0 aromatic heterocycles. The Bertz CT molecular complexity index is 803. The summed E-state index contributed by atoms with van der Waals surface area (Å²) in [5.41, 5.74) is 1.16. The molecule has 5 heteroatoms. The van der Waals surface area contributed by atoms with Crippen molar-refractivity contribution < 1.29 is 19.4 Å². The lowest BCUT2D eigenvalue weighted by molar-refractivity contribution is -0.162. The Labute approximate surface area is 172 Å². The predicted octanol–water partition coefficient (Wildman–Crippen LogP) is 4.00. The minimum absolute atomic E-state index is 0.0816. The molecular weight excluding hydrogens is 366 g/mol. The molecule has 1 saturated heterocycles. The van der Waals surface area contributed by atoms with Crippen LogP contribution in [-0.4, -0.2) is 41.6 Å². The molecule has 1 heterocycles. The minimum Gasteiger partial charge on any atom is -0.497 e. The Balaban J connectivity index is 1.46. The highest BCUT2D eigenvalue weighted by molar-refractivity contribution is 5.85. The summed E-state index contributed by atoms with van der Waals surface area (Å²) in [6, 6.07) is 8.38. The smallest absolute Gasteiger partial charge is 0.305 e. The van der Waals surface area contributed by atoms with Crippen LogP contribution in [0.15, 0.2) is 24.3 Å². The van der Waals surface area contributed by atoms with Crippen molar-refractivity contribution in [1.29, 1.82) is 0 Å². The number of hydrogen-bond acceptors (Lipinski definition) is 3. The van der Waals surface area contributed by atoms with Crippen LogP contribution in [0, 0.1) is 17.3 Å². The second-order valence-electron chi connectivity index (χ2n) is 10.1. The summed E-state index contributed by atoms with van der Waals surface area (Å²) in [5.74, 6) is 1.56. The van der Waals surface area contributed by atoms with Crippen molar-refractivity contribution in [1.82, 2.24) is 4.90 Å². The zero-order valence-corrected chi connectivity index (χ0v) is 17.2. The fourth-order valence-corrected chi connectivity index (χ4v) is 7.62. The normalized spacial score (nSPS) is 37.7. The third-order valence-electron chi connectivity index (χ3n) is 8.27. The van der Waals surface area contributed by atoms with E-state index < -0.39 is 5.97 Å². The van der Waals surface area contributed by atoms with Crippen molar-refractivity contribution in [3.63, 3.8) is 0 Å². The third-order valence-corrected chi connectivity index (χ3v) is 8.27. The largest absolute Gasteiger partial charge is 0.497 e. The van der Waals surface area contributed by atoms with Crippen LogP contribution in [-0.2, 0) is 15.0 Å². The minimum atomic E-state index is -0.796. The van der Waals surface area contributed by atoms with Gasteiger partial charge in [0.05, 0.1) is 18.9 Å². The first-order chi connectivity index (χ1) is 13.9. The van der Waals surface area contributed by atoms with E-state index in [1.807, 2.05) is 17.0 Å². The topological polar surface area (TPSA) is 66.8 Å². The molecule has 3 atom stereocenters. The molecule has 5 aliphatic rings. The molecular formula is C24H31NO4. The van der Waals surface area contributed by atoms with Crippen LogP contribution in [0.5, 0.6) is 5.75 Å². The van der Waals surface area contributed by atoms with E-state index in [-0.39, 0.29) is 29.2 Å². The monoisotopic (exact) mass is 397 g/mol. The first-order valence-electron chi connectivity index (χ1n) is 11.1. The number of nitrogens with zero attached hydrogens (tertiary/aromatic N) is 1. The Morgan fingerprint density at radius 3 is 2.45 bits per heavy atom. The molecule has 6 rings (SSSR count). The number of rotatable bonds is 5. The lowest BCUT2D eigenvalue weighted by Gasteiger charge is -2.62. The molecule has 5 fully saturated rings. The molecule has 156 valence electrons. The van der Waals surface area contributed by atoms with Gasteiger partial charge in [-0.05, 0) is 86.3 Å². The van der Waals surface area contributed by atoms with E-state index in [1.54, 1.807) is 7.11 Å². The number of amides is 1. The Morgan fingerprint density at radius 2 is 1.83 bits per heavy atom. The highest BCUT2D eigenvalue weighted by Gasteiger charge is 2.62. The molecule has 3 unspecified atom stereocenters. The van der Waals surface area contributed by atoms with Crippen molar-refractivity contribution in [2.24, 2.45) is 17.3 Å². The third kappa shape index (κ3) is 3.04. The molecule has 1 aromatic carbocycles. The molecule has 1 amide bonds. The highest BCUT2D eigenvalue weighted by Crippen LogP contribution is 2.66. The van der Waals surface area contributed by atoms with Gasteiger partial charge in [0.15, 0.2) is 0 Å². The molecule has 29 heavy (non-hydrogen) atoms. The molecule has 1 aliphatic heterocycles. The van der Waals surface area contributed by atoms with E-state index in [4.69, 9.17) is 4.74 Å². The Kier molecular flexibility index (Phi) is 4.41. The standard InChI is InChI=1S/C24H31NO4/c1-29-20-6-4-18(5-7-20)23-11-16-9-17(12-23)14-24(13-16,15-23)22(28)25-8-2-3-19(25)10-21(26)27/h4-7,16-17,19H,2-3,8-15H2,1H3,(H,26,27). The molecule has 4 bridgehead atoms. The van der Waals surface area contributed by atoms with Gasteiger partial charge in [0.1, 0.15) is 5.75 Å². The zero-order chi connectivity index (χ0) is 20.2. The summed E-state index contributed by atoms with van der Waals surface area (Å²) in [4.78, 5) is 27.1. The van der Waals surface area contributed by atoms with Gasteiger partial charge in [-0.3, -0.25) is 9.59 Å². The van der Waals surface area contributed by atoms with Gasteiger partial charge in [-0.1, -0.05) is 12.1 Å². The summed E-state index contributed by atoms with van der Waals surface area (Å²) < 4.78 is 5.35. The summed E-state index contributed by atoms with van der Waals surface area (Å²) in [6.45, 7) is 0.726. The molecule has 1 aromatic rings. The molecule has 1 N–H and O–H groups in total. The number of aliphatic carboxylic acids is 1. The first kappa shape index (κ1) is 19.0. The highest BCUT2D eigenvalue weighted by atomic mass is 16.5. The van der Waals surface area contributed by atoms with Crippen molar-refractivity contribution >= 4 is 11.9 Å². The molecule has 0 spiro atoms. The molecule has 4 saturated carbocycles. The Morgan fingerprint density at radius 1 is 1.14 bits per heavy atom. The van der Waals surface area contributed by atoms with Crippen molar-refractivity contribution in [3.8, 4) is 5.75 Å². The van der Waals surface area contributed by atoms with Crippen LogP contribution in [0.3, 0.4) is 0 Å². The quantitative estimate of drug-likeness (QED) is 0.816. The second-order valence-corrected chi connectivity index (χ2v) is 10.1. The fourth-order valence-electron chi connectivity index (χ4n) is 7.62. The summed E-state index contributed by atoms with van der Waals surface area (Å²) in [6.07, 6.45) is 8.37. The summed E-state index contributed by atoms with van der Waals surface area (Å²) >= 11 is 0. The average molecular weight is 398 g/mol. The fraction of sp³-hybridized carbons (Fsp3) is 0.667.